The summed E-state index contributed by atoms with van der Waals surface area (Å²) in [7, 11) is 0. The summed E-state index contributed by atoms with van der Waals surface area (Å²) >= 11 is 7.30. The predicted molar refractivity (Wildman–Crippen MR) is 104 cm³/mol. The molecule has 1 aromatic heterocycles. The fraction of sp³-hybridized carbons (Fsp3) is 0.158. The summed E-state index contributed by atoms with van der Waals surface area (Å²) in [5, 5.41) is 11.0. The minimum absolute atomic E-state index is 0.0939. The molecule has 0 saturated heterocycles. The minimum Gasteiger partial charge on any atom is -0.452 e. The number of anilines is 1. The zero-order valence-electron chi connectivity index (χ0n) is 14.6. The van der Waals surface area contributed by atoms with Crippen LogP contribution < -0.4 is 5.32 Å². The van der Waals surface area contributed by atoms with E-state index < -0.39 is 5.97 Å². The van der Waals surface area contributed by atoms with Gasteiger partial charge in [-0.2, -0.15) is 0 Å². The number of nitrogens with one attached hydrogen (secondary N) is 1. The van der Waals surface area contributed by atoms with Gasteiger partial charge in [0.05, 0.1) is 16.5 Å². The Morgan fingerprint density at radius 3 is 2.82 bits per heavy atom. The highest BCUT2D eigenvalue weighted by Gasteiger charge is 2.24. The van der Waals surface area contributed by atoms with Crippen LogP contribution in [0.5, 0.6) is 0 Å². The number of fused-ring (bicyclic) bond motifs is 1. The van der Waals surface area contributed by atoms with Crippen molar-refractivity contribution in [3.63, 3.8) is 0 Å². The standard InChI is InChI=1S/C19H14ClN3O4S/c1-10-17(24)21-14-8-12(4-7-15(14)28-10)19(25)26-9-16-22-23-18(27-16)11-2-5-13(20)6-3-11/h2-8,10H,9H2,1H3,(H,21,24)/t10-/m0/s1. The van der Waals surface area contributed by atoms with Crippen LogP contribution in [0.25, 0.3) is 11.5 Å². The SMILES string of the molecule is C[C@@H]1Sc2ccc(C(=O)OCc3nnc(-c4ccc(Cl)cc4)o3)cc2NC1=O. The smallest absolute Gasteiger partial charge is 0.338 e. The van der Waals surface area contributed by atoms with Gasteiger partial charge in [0.2, 0.25) is 11.8 Å². The predicted octanol–water partition coefficient (Wildman–Crippen LogP) is 4.18. The van der Waals surface area contributed by atoms with Crippen molar-refractivity contribution < 1.29 is 18.7 Å². The largest absolute Gasteiger partial charge is 0.452 e. The number of amides is 1. The quantitative estimate of drug-likeness (QED) is 0.638. The third kappa shape index (κ3) is 3.88. The fourth-order valence-electron chi connectivity index (χ4n) is 2.57. The van der Waals surface area contributed by atoms with Crippen LogP contribution in [-0.4, -0.2) is 27.3 Å². The number of carbonyl (C=O) groups is 2. The number of esters is 1. The van der Waals surface area contributed by atoms with Crippen LogP contribution in [0.2, 0.25) is 5.02 Å². The Kier molecular flexibility index (Phi) is 5.06. The van der Waals surface area contributed by atoms with Crippen molar-refractivity contribution in [1.29, 1.82) is 0 Å². The van der Waals surface area contributed by atoms with E-state index in [1.54, 1.807) is 42.5 Å². The second-order valence-electron chi connectivity index (χ2n) is 6.04. The average molecular weight is 416 g/mol. The second kappa shape index (κ2) is 7.65. The highest BCUT2D eigenvalue weighted by molar-refractivity contribution is 8.00. The Morgan fingerprint density at radius 2 is 2.04 bits per heavy atom. The summed E-state index contributed by atoms with van der Waals surface area (Å²) < 4.78 is 10.8. The van der Waals surface area contributed by atoms with Gasteiger partial charge in [-0.05, 0) is 49.4 Å². The topological polar surface area (TPSA) is 94.3 Å². The van der Waals surface area contributed by atoms with Crippen molar-refractivity contribution in [2.45, 2.75) is 23.7 Å². The van der Waals surface area contributed by atoms with Crippen LogP contribution in [0.15, 0.2) is 51.8 Å². The molecule has 2 aromatic carbocycles. The molecule has 0 unspecified atom stereocenters. The molecule has 3 aromatic rings. The highest BCUT2D eigenvalue weighted by Crippen LogP contribution is 2.36. The third-order valence-electron chi connectivity index (χ3n) is 4.03. The molecule has 0 saturated carbocycles. The van der Waals surface area contributed by atoms with E-state index in [9.17, 15) is 9.59 Å². The van der Waals surface area contributed by atoms with Crippen LogP contribution in [-0.2, 0) is 16.1 Å². The summed E-state index contributed by atoms with van der Waals surface area (Å²) in [4.78, 5) is 25.0. The Hall–Kier alpha value is -2.84. The van der Waals surface area contributed by atoms with E-state index >= 15 is 0 Å². The first-order valence-corrected chi connectivity index (χ1v) is 9.62. The first-order chi connectivity index (χ1) is 13.5. The number of thioether (sulfide) groups is 1. The van der Waals surface area contributed by atoms with Crippen molar-refractivity contribution in [3.8, 4) is 11.5 Å². The molecule has 0 radical (unpaired) electrons. The van der Waals surface area contributed by atoms with E-state index in [-0.39, 0.29) is 23.7 Å². The van der Waals surface area contributed by atoms with Crippen LogP contribution in [0.4, 0.5) is 5.69 Å². The maximum Gasteiger partial charge on any atom is 0.338 e. The summed E-state index contributed by atoms with van der Waals surface area (Å²) in [5.74, 6) is -0.158. The molecule has 4 rings (SSSR count). The lowest BCUT2D eigenvalue weighted by Gasteiger charge is -2.21. The third-order valence-corrected chi connectivity index (χ3v) is 5.46. The minimum atomic E-state index is -0.549. The molecule has 1 aliphatic rings. The lowest BCUT2D eigenvalue weighted by Crippen LogP contribution is -2.26. The molecule has 1 N–H and O–H groups in total. The summed E-state index contributed by atoms with van der Waals surface area (Å²) in [6.45, 7) is 1.67. The van der Waals surface area contributed by atoms with E-state index in [0.717, 1.165) is 4.90 Å². The van der Waals surface area contributed by atoms with Gasteiger partial charge in [0.15, 0.2) is 6.61 Å². The summed E-state index contributed by atoms with van der Waals surface area (Å²) in [6.07, 6.45) is 0. The molecule has 1 aliphatic heterocycles. The van der Waals surface area contributed by atoms with Crippen LogP contribution >= 0.6 is 23.4 Å². The number of halogens is 1. The van der Waals surface area contributed by atoms with Gasteiger partial charge in [-0.25, -0.2) is 4.79 Å². The molecule has 0 fully saturated rings. The number of ether oxygens (including phenoxy) is 1. The first kappa shape index (κ1) is 18.5. The van der Waals surface area contributed by atoms with Gasteiger partial charge in [0.1, 0.15) is 0 Å². The Labute approximate surface area is 169 Å². The molecular weight excluding hydrogens is 402 g/mol. The Bertz CT molecular complexity index is 1050. The average Bonchev–Trinajstić information content (AvgIpc) is 3.16. The summed E-state index contributed by atoms with van der Waals surface area (Å²) in [6, 6.07) is 12.0. The van der Waals surface area contributed by atoms with Crippen molar-refractivity contribution >= 4 is 40.9 Å². The normalized spacial score (nSPS) is 15.6. The number of hydrogen-bond acceptors (Lipinski definition) is 7. The van der Waals surface area contributed by atoms with Gasteiger partial charge in [-0.3, -0.25) is 4.79 Å². The zero-order valence-corrected chi connectivity index (χ0v) is 16.2. The monoisotopic (exact) mass is 415 g/mol. The molecule has 28 heavy (non-hydrogen) atoms. The fourth-order valence-corrected chi connectivity index (χ4v) is 3.62. The van der Waals surface area contributed by atoms with E-state index in [0.29, 0.717) is 27.7 Å². The van der Waals surface area contributed by atoms with Crippen molar-refractivity contribution in [3.05, 3.63) is 58.9 Å². The van der Waals surface area contributed by atoms with Gasteiger partial charge in [0.25, 0.3) is 5.89 Å². The maximum absolute atomic E-state index is 12.3. The van der Waals surface area contributed by atoms with Crippen LogP contribution in [0.3, 0.4) is 0 Å². The lowest BCUT2D eigenvalue weighted by molar-refractivity contribution is -0.115. The van der Waals surface area contributed by atoms with E-state index in [1.807, 2.05) is 6.92 Å². The lowest BCUT2D eigenvalue weighted by atomic mass is 10.2. The van der Waals surface area contributed by atoms with Gasteiger partial charge in [-0.15, -0.1) is 22.0 Å². The number of nitrogens with zero attached hydrogens (tertiary/aromatic N) is 2. The number of rotatable bonds is 4. The van der Waals surface area contributed by atoms with E-state index in [4.69, 9.17) is 20.8 Å². The summed E-state index contributed by atoms with van der Waals surface area (Å²) in [5.41, 5.74) is 1.64. The molecule has 9 heteroatoms. The van der Waals surface area contributed by atoms with Gasteiger partial charge in [0, 0.05) is 15.5 Å². The number of aromatic nitrogens is 2. The van der Waals surface area contributed by atoms with E-state index in [1.165, 1.54) is 11.8 Å². The maximum atomic E-state index is 12.3. The van der Waals surface area contributed by atoms with Crippen molar-refractivity contribution in [1.82, 2.24) is 10.2 Å². The number of carbonyl (C=O) groups excluding carboxylic acids is 2. The molecular formula is C19H14ClN3O4S. The van der Waals surface area contributed by atoms with Crippen molar-refractivity contribution in [2.75, 3.05) is 5.32 Å². The Balaban J connectivity index is 1.42. The molecule has 0 bridgehead atoms. The molecule has 0 spiro atoms. The van der Waals surface area contributed by atoms with Crippen LogP contribution in [0.1, 0.15) is 23.2 Å². The van der Waals surface area contributed by atoms with Gasteiger partial charge < -0.3 is 14.5 Å². The van der Waals surface area contributed by atoms with E-state index in [2.05, 4.69) is 15.5 Å². The molecule has 0 aliphatic carbocycles. The van der Waals surface area contributed by atoms with Gasteiger partial charge in [-0.1, -0.05) is 11.6 Å². The number of benzene rings is 2. The molecule has 1 amide bonds. The first-order valence-electron chi connectivity index (χ1n) is 8.36. The van der Waals surface area contributed by atoms with Gasteiger partial charge >= 0.3 is 5.97 Å². The molecule has 7 nitrogen and oxygen atoms in total. The highest BCUT2D eigenvalue weighted by atomic mass is 35.5. The number of hydrogen-bond donors (Lipinski definition) is 1. The molecule has 2 heterocycles. The zero-order chi connectivity index (χ0) is 19.7. The molecule has 142 valence electrons. The van der Waals surface area contributed by atoms with Crippen LogP contribution in [0, 0.1) is 0 Å². The Morgan fingerprint density at radius 1 is 1.25 bits per heavy atom. The van der Waals surface area contributed by atoms with Crippen molar-refractivity contribution in [2.24, 2.45) is 0 Å². The second-order valence-corrected chi connectivity index (χ2v) is 7.86. The molecule has 1 atom stereocenters.